The van der Waals surface area contributed by atoms with Crippen LogP contribution in [0.2, 0.25) is 5.02 Å². The van der Waals surface area contributed by atoms with Crippen molar-refractivity contribution in [1.29, 1.82) is 0 Å². The van der Waals surface area contributed by atoms with Crippen LogP contribution in [0.4, 0.5) is 0 Å². The molecule has 8 heteroatoms. The number of nitrogens with zero attached hydrogens (tertiary/aromatic N) is 1. The Balaban J connectivity index is 1.81. The Morgan fingerprint density at radius 1 is 1.15 bits per heavy atom. The number of hydrogen-bond donors (Lipinski definition) is 2. The van der Waals surface area contributed by atoms with E-state index in [9.17, 15) is 9.59 Å². The molecule has 0 aliphatic carbocycles. The van der Waals surface area contributed by atoms with Crippen molar-refractivity contribution in [2.24, 2.45) is 5.10 Å². The van der Waals surface area contributed by atoms with E-state index in [-0.39, 0.29) is 0 Å². The Bertz CT molecular complexity index is 775. The van der Waals surface area contributed by atoms with Gasteiger partial charge in [0.05, 0.1) is 6.21 Å². The minimum Gasteiger partial charge on any atom is -0.482 e. The standard InChI is InChI=1S/C18H17ClN2O5/c1-12(26-16-8-4-14(19)5-9-16)18(24)21-20-10-13-2-6-15(7-3-13)25-11-17(22)23/h2-10,12H,11H2,1H3,(H,21,24)(H,22,23)/b20-10+. The number of carbonyl (C=O) groups is 2. The molecule has 136 valence electrons. The van der Waals surface area contributed by atoms with E-state index in [0.29, 0.717) is 22.1 Å². The van der Waals surface area contributed by atoms with Crippen LogP contribution < -0.4 is 14.9 Å². The number of hydrazone groups is 1. The summed E-state index contributed by atoms with van der Waals surface area (Å²) in [6, 6.07) is 13.3. The summed E-state index contributed by atoms with van der Waals surface area (Å²) in [7, 11) is 0. The number of carboxylic acids is 1. The Hall–Kier alpha value is -3.06. The van der Waals surface area contributed by atoms with Gasteiger partial charge in [0.2, 0.25) is 0 Å². The fourth-order valence-electron chi connectivity index (χ4n) is 1.83. The van der Waals surface area contributed by atoms with E-state index in [1.165, 1.54) is 6.21 Å². The molecule has 1 unspecified atom stereocenters. The lowest BCUT2D eigenvalue weighted by molar-refractivity contribution is -0.139. The van der Waals surface area contributed by atoms with Gasteiger partial charge in [-0.05, 0) is 61.0 Å². The lowest BCUT2D eigenvalue weighted by Crippen LogP contribution is -2.33. The number of amides is 1. The Morgan fingerprint density at radius 3 is 2.38 bits per heavy atom. The maximum atomic E-state index is 12.0. The summed E-state index contributed by atoms with van der Waals surface area (Å²) < 4.78 is 10.5. The van der Waals surface area contributed by atoms with E-state index >= 15 is 0 Å². The summed E-state index contributed by atoms with van der Waals surface area (Å²) in [6.07, 6.45) is 0.716. The minimum absolute atomic E-state index is 0.405. The van der Waals surface area contributed by atoms with E-state index in [2.05, 4.69) is 10.5 Å². The molecule has 2 aromatic carbocycles. The molecular weight excluding hydrogens is 360 g/mol. The number of carbonyl (C=O) groups excluding carboxylic acids is 1. The maximum absolute atomic E-state index is 12.0. The molecule has 0 heterocycles. The third kappa shape index (κ3) is 6.45. The van der Waals surface area contributed by atoms with E-state index in [0.717, 1.165) is 0 Å². The van der Waals surface area contributed by atoms with Gasteiger partial charge in [-0.3, -0.25) is 4.79 Å². The number of aliphatic carboxylic acids is 1. The van der Waals surface area contributed by atoms with Gasteiger partial charge in [0.15, 0.2) is 12.7 Å². The molecule has 0 bridgehead atoms. The van der Waals surface area contributed by atoms with Crippen LogP contribution in [0.3, 0.4) is 0 Å². The van der Waals surface area contributed by atoms with Gasteiger partial charge in [-0.15, -0.1) is 0 Å². The molecule has 0 fully saturated rings. The van der Waals surface area contributed by atoms with Crippen molar-refractivity contribution in [3.63, 3.8) is 0 Å². The predicted molar refractivity (Wildman–Crippen MR) is 96.9 cm³/mol. The smallest absolute Gasteiger partial charge is 0.341 e. The first kappa shape index (κ1) is 19.3. The number of rotatable bonds is 8. The fraction of sp³-hybridized carbons (Fsp3) is 0.167. The normalized spacial score (nSPS) is 11.8. The van der Waals surface area contributed by atoms with Crippen LogP contribution in [0, 0.1) is 0 Å². The zero-order chi connectivity index (χ0) is 18.9. The van der Waals surface area contributed by atoms with E-state index < -0.39 is 24.6 Å². The van der Waals surface area contributed by atoms with Gasteiger partial charge in [-0.25, -0.2) is 10.2 Å². The zero-order valence-electron chi connectivity index (χ0n) is 13.9. The molecule has 0 spiro atoms. The highest BCUT2D eigenvalue weighted by Crippen LogP contribution is 2.16. The van der Waals surface area contributed by atoms with Crippen LogP contribution in [-0.4, -0.2) is 35.9 Å². The zero-order valence-corrected chi connectivity index (χ0v) is 14.6. The van der Waals surface area contributed by atoms with Crippen LogP contribution >= 0.6 is 11.6 Å². The highest BCUT2D eigenvalue weighted by atomic mass is 35.5. The number of nitrogens with one attached hydrogen (secondary N) is 1. The SMILES string of the molecule is CC(Oc1ccc(Cl)cc1)C(=O)N/N=C/c1ccc(OCC(=O)O)cc1. The lowest BCUT2D eigenvalue weighted by atomic mass is 10.2. The molecule has 2 N–H and O–H groups in total. The molecule has 0 aromatic heterocycles. The molecule has 7 nitrogen and oxygen atoms in total. The number of benzene rings is 2. The van der Waals surface area contributed by atoms with Crippen molar-refractivity contribution in [3.8, 4) is 11.5 Å². The predicted octanol–water partition coefficient (Wildman–Crippen LogP) is 2.72. The molecule has 0 saturated heterocycles. The lowest BCUT2D eigenvalue weighted by Gasteiger charge is -2.12. The van der Waals surface area contributed by atoms with E-state index in [4.69, 9.17) is 26.2 Å². The van der Waals surface area contributed by atoms with Crippen LogP contribution in [0.5, 0.6) is 11.5 Å². The van der Waals surface area contributed by atoms with E-state index in [1.807, 2.05) is 0 Å². The van der Waals surface area contributed by atoms with Gasteiger partial charge >= 0.3 is 5.97 Å². The van der Waals surface area contributed by atoms with E-state index in [1.54, 1.807) is 55.5 Å². The van der Waals surface area contributed by atoms with Crippen LogP contribution in [-0.2, 0) is 9.59 Å². The summed E-state index contributed by atoms with van der Waals surface area (Å²) >= 11 is 5.79. The average Bonchev–Trinajstić information content (AvgIpc) is 2.62. The second-order valence-electron chi connectivity index (χ2n) is 5.20. The van der Waals surface area contributed by atoms with Crippen molar-refractivity contribution in [2.75, 3.05) is 6.61 Å². The Labute approximate surface area is 155 Å². The molecule has 0 radical (unpaired) electrons. The molecule has 1 atom stereocenters. The van der Waals surface area contributed by atoms with Crippen molar-refractivity contribution >= 4 is 29.7 Å². The topological polar surface area (TPSA) is 97.2 Å². The van der Waals surface area contributed by atoms with Crippen molar-refractivity contribution in [1.82, 2.24) is 5.43 Å². The summed E-state index contributed by atoms with van der Waals surface area (Å²) in [5, 5.41) is 13.0. The number of ether oxygens (including phenoxy) is 2. The highest BCUT2D eigenvalue weighted by Gasteiger charge is 2.13. The second kappa shape index (κ2) is 9.43. The first-order chi connectivity index (χ1) is 12.4. The molecule has 2 aromatic rings. The largest absolute Gasteiger partial charge is 0.482 e. The molecule has 0 aliphatic rings. The summed E-state index contributed by atoms with van der Waals surface area (Å²) in [5.41, 5.74) is 3.10. The Morgan fingerprint density at radius 2 is 1.77 bits per heavy atom. The number of halogens is 1. The first-order valence-corrected chi connectivity index (χ1v) is 8.01. The fourth-order valence-corrected chi connectivity index (χ4v) is 1.95. The van der Waals surface area contributed by atoms with Gasteiger partial charge in [0.25, 0.3) is 5.91 Å². The number of hydrogen-bond acceptors (Lipinski definition) is 5. The van der Waals surface area contributed by atoms with Crippen LogP contribution in [0.25, 0.3) is 0 Å². The van der Waals surface area contributed by atoms with Gasteiger partial charge in [0, 0.05) is 5.02 Å². The summed E-state index contributed by atoms with van der Waals surface area (Å²) in [4.78, 5) is 22.4. The monoisotopic (exact) mass is 376 g/mol. The van der Waals surface area contributed by atoms with Crippen molar-refractivity contribution < 1.29 is 24.2 Å². The molecule has 0 aliphatic heterocycles. The van der Waals surface area contributed by atoms with Crippen molar-refractivity contribution in [3.05, 3.63) is 59.1 Å². The maximum Gasteiger partial charge on any atom is 0.341 e. The molecule has 1 amide bonds. The van der Waals surface area contributed by atoms with Crippen LogP contribution in [0.15, 0.2) is 53.6 Å². The third-order valence-corrected chi connectivity index (χ3v) is 3.38. The molecule has 26 heavy (non-hydrogen) atoms. The number of carboxylic acid groups (broad SMARTS) is 1. The van der Waals surface area contributed by atoms with Gasteiger partial charge in [-0.1, -0.05) is 11.6 Å². The second-order valence-corrected chi connectivity index (χ2v) is 5.64. The van der Waals surface area contributed by atoms with Crippen LogP contribution in [0.1, 0.15) is 12.5 Å². The summed E-state index contributed by atoms with van der Waals surface area (Å²) in [5.74, 6) is -0.498. The highest BCUT2D eigenvalue weighted by molar-refractivity contribution is 6.30. The molecule has 0 saturated carbocycles. The Kier molecular flexibility index (Phi) is 6.99. The third-order valence-electron chi connectivity index (χ3n) is 3.13. The van der Waals surface area contributed by atoms with Crippen molar-refractivity contribution in [2.45, 2.75) is 13.0 Å². The van der Waals surface area contributed by atoms with Gasteiger partial charge in [0.1, 0.15) is 11.5 Å². The minimum atomic E-state index is -1.05. The summed E-state index contributed by atoms with van der Waals surface area (Å²) in [6.45, 7) is 1.20. The average molecular weight is 377 g/mol. The molecule has 2 rings (SSSR count). The molecular formula is C18H17ClN2O5. The van der Waals surface area contributed by atoms with Gasteiger partial charge < -0.3 is 14.6 Å². The van der Waals surface area contributed by atoms with Gasteiger partial charge in [-0.2, -0.15) is 5.10 Å². The quantitative estimate of drug-likeness (QED) is 0.545. The first-order valence-electron chi connectivity index (χ1n) is 7.64.